The van der Waals surface area contributed by atoms with Gasteiger partial charge in [-0.25, -0.2) is 9.67 Å². The van der Waals surface area contributed by atoms with Crippen LogP contribution in [0.3, 0.4) is 0 Å². The van der Waals surface area contributed by atoms with E-state index in [0.29, 0.717) is 25.3 Å². The maximum Gasteiger partial charge on any atom is 0.252 e. The average molecular weight is 479 g/mol. The van der Waals surface area contributed by atoms with Gasteiger partial charge in [0.15, 0.2) is 5.65 Å². The summed E-state index contributed by atoms with van der Waals surface area (Å²) in [5, 5.41) is 8.88. The summed E-state index contributed by atoms with van der Waals surface area (Å²) in [5.41, 5.74) is 3.89. The van der Waals surface area contributed by atoms with Gasteiger partial charge in [0.1, 0.15) is 5.75 Å². The molecule has 7 nitrogen and oxygen atoms in total. The van der Waals surface area contributed by atoms with Crippen molar-refractivity contribution in [3.63, 3.8) is 0 Å². The molecule has 0 atom stereocenters. The number of pyridine rings is 1. The molecule has 0 spiro atoms. The molecule has 1 N–H and O–H groups in total. The number of nitrogens with one attached hydrogen (secondary N) is 1. The van der Waals surface area contributed by atoms with Crippen LogP contribution in [-0.2, 0) is 15.7 Å². The van der Waals surface area contributed by atoms with E-state index in [1.165, 1.54) is 5.56 Å². The molecular formula is C28H38N4O3. The van der Waals surface area contributed by atoms with Crippen LogP contribution in [0.15, 0.2) is 30.3 Å². The second-order valence-electron chi connectivity index (χ2n) is 10.9. The number of aryl methyl sites for hydroxylation is 1. The van der Waals surface area contributed by atoms with Gasteiger partial charge in [-0.05, 0) is 70.2 Å². The average Bonchev–Trinajstić information content (AvgIpc) is 3.19. The number of rotatable bonds is 6. The Hall–Kier alpha value is -2.93. The van der Waals surface area contributed by atoms with E-state index in [4.69, 9.17) is 19.6 Å². The summed E-state index contributed by atoms with van der Waals surface area (Å²) < 4.78 is 13.0. The number of carbonyl (C=O) groups is 1. The molecule has 4 rings (SSSR count). The van der Waals surface area contributed by atoms with Crippen LogP contribution < -0.4 is 10.1 Å². The van der Waals surface area contributed by atoms with Gasteiger partial charge >= 0.3 is 0 Å². The number of aromatic nitrogens is 3. The third-order valence-electron chi connectivity index (χ3n) is 7.04. The number of hydrogen-bond donors (Lipinski definition) is 1. The van der Waals surface area contributed by atoms with Crippen molar-refractivity contribution in [1.29, 1.82) is 0 Å². The highest BCUT2D eigenvalue weighted by Gasteiger charge is 2.35. The van der Waals surface area contributed by atoms with E-state index in [9.17, 15) is 4.79 Å². The first-order chi connectivity index (χ1) is 16.6. The highest BCUT2D eigenvalue weighted by molar-refractivity contribution is 6.06. The summed E-state index contributed by atoms with van der Waals surface area (Å²) in [5.74, 6) is 0.928. The van der Waals surface area contributed by atoms with E-state index in [1.54, 1.807) is 7.11 Å². The molecule has 0 radical (unpaired) electrons. The molecular weight excluding hydrogens is 440 g/mol. The van der Waals surface area contributed by atoms with Crippen LogP contribution in [0.5, 0.6) is 5.75 Å². The second-order valence-corrected chi connectivity index (χ2v) is 10.9. The Morgan fingerprint density at radius 3 is 2.43 bits per heavy atom. The van der Waals surface area contributed by atoms with Crippen molar-refractivity contribution in [3.05, 3.63) is 52.8 Å². The number of hydrogen-bond acceptors (Lipinski definition) is 5. The molecule has 0 bridgehead atoms. The van der Waals surface area contributed by atoms with E-state index in [1.807, 2.05) is 29.8 Å². The van der Waals surface area contributed by atoms with Crippen LogP contribution >= 0.6 is 0 Å². The molecule has 1 amide bonds. The number of benzene rings is 1. The van der Waals surface area contributed by atoms with Crippen LogP contribution in [0.1, 0.15) is 80.7 Å². The maximum atomic E-state index is 13.7. The lowest BCUT2D eigenvalue weighted by Gasteiger charge is -2.38. The van der Waals surface area contributed by atoms with Crippen molar-refractivity contribution >= 4 is 16.9 Å². The minimum absolute atomic E-state index is 0.0877. The van der Waals surface area contributed by atoms with E-state index in [2.05, 4.69) is 52.1 Å². The fraction of sp³-hybridized carbons (Fsp3) is 0.536. The number of nitrogens with zero attached hydrogens (tertiary/aromatic N) is 3. The lowest BCUT2D eigenvalue weighted by atomic mass is 9.74. The normalized spacial score (nSPS) is 16.0. The highest BCUT2D eigenvalue weighted by atomic mass is 16.5. The lowest BCUT2D eigenvalue weighted by molar-refractivity contribution is 0.0487. The van der Waals surface area contributed by atoms with Gasteiger partial charge in [0.2, 0.25) is 0 Å². The standard InChI is InChI=1S/C28H38N4O3/c1-18(2)23-16-22(24-19(3)31-32(25(24)30-23)27(4,5)6)26(33)29-17-28(12-14-35-15-13-28)20-8-10-21(34-7)11-9-20/h8-11,16,18H,12-15,17H2,1-7H3,(H,29,33). The zero-order valence-corrected chi connectivity index (χ0v) is 22.1. The summed E-state index contributed by atoms with van der Waals surface area (Å²) in [6.45, 7) is 14.4. The molecule has 188 valence electrons. The SMILES string of the molecule is COc1ccc(C2(CNC(=O)c3cc(C(C)C)nc4c3c(C)nn4C(C)(C)C)CCOCC2)cc1. The Kier molecular flexibility index (Phi) is 6.91. The number of methoxy groups -OCH3 is 1. The Morgan fingerprint density at radius 2 is 1.86 bits per heavy atom. The fourth-order valence-electron chi connectivity index (χ4n) is 4.87. The van der Waals surface area contributed by atoms with Gasteiger partial charge in [-0.2, -0.15) is 5.10 Å². The fourth-order valence-corrected chi connectivity index (χ4v) is 4.87. The highest BCUT2D eigenvalue weighted by Crippen LogP contribution is 2.36. The largest absolute Gasteiger partial charge is 0.497 e. The van der Waals surface area contributed by atoms with E-state index in [0.717, 1.165) is 41.0 Å². The Bertz CT molecular complexity index is 1200. The summed E-state index contributed by atoms with van der Waals surface area (Å²) in [4.78, 5) is 18.7. The van der Waals surface area contributed by atoms with Gasteiger partial charge in [-0.1, -0.05) is 26.0 Å². The maximum absolute atomic E-state index is 13.7. The third-order valence-corrected chi connectivity index (χ3v) is 7.04. The van der Waals surface area contributed by atoms with Gasteiger partial charge in [0, 0.05) is 30.9 Å². The van der Waals surface area contributed by atoms with Crippen LogP contribution in [0, 0.1) is 6.92 Å². The topological polar surface area (TPSA) is 78.3 Å². The van der Waals surface area contributed by atoms with Crippen LogP contribution in [-0.4, -0.2) is 47.5 Å². The molecule has 0 aliphatic carbocycles. The first kappa shape index (κ1) is 25.2. The van der Waals surface area contributed by atoms with Crippen molar-refractivity contribution < 1.29 is 14.3 Å². The summed E-state index contributed by atoms with van der Waals surface area (Å²) in [7, 11) is 1.67. The van der Waals surface area contributed by atoms with Crippen molar-refractivity contribution in [2.75, 3.05) is 26.9 Å². The monoisotopic (exact) mass is 478 g/mol. The van der Waals surface area contributed by atoms with E-state index >= 15 is 0 Å². The molecule has 3 heterocycles. The number of carbonyl (C=O) groups excluding carboxylic acids is 1. The minimum Gasteiger partial charge on any atom is -0.497 e. The summed E-state index contributed by atoms with van der Waals surface area (Å²) >= 11 is 0. The Labute approximate surface area is 208 Å². The molecule has 1 fully saturated rings. The molecule has 35 heavy (non-hydrogen) atoms. The molecule has 1 saturated heterocycles. The van der Waals surface area contributed by atoms with Crippen LogP contribution in [0.4, 0.5) is 0 Å². The molecule has 1 aliphatic heterocycles. The molecule has 1 aliphatic rings. The number of ether oxygens (including phenoxy) is 2. The van der Waals surface area contributed by atoms with Crippen LogP contribution in [0.2, 0.25) is 0 Å². The second kappa shape index (κ2) is 9.61. The van der Waals surface area contributed by atoms with Crippen molar-refractivity contribution in [1.82, 2.24) is 20.1 Å². The number of fused-ring (bicyclic) bond motifs is 1. The summed E-state index contributed by atoms with van der Waals surface area (Å²) in [6.07, 6.45) is 1.70. The Balaban J connectivity index is 1.71. The van der Waals surface area contributed by atoms with Gasteiger partial charge in [-0.15, -0.1) is 0 Å². The molecule has 0 unspecified atom stereocenters. The zero-order valence-electron chi connectivity index (χ0n) is 22.1. The van der Waals surface area contributed by atoms with E-state index < -0.39 is 0 Å². The van der Waals surface area contributed by atoms with Crippen molar-refractivity contribution in [2.45, 2.75) is 71.3 Å². The minimum atomic E-state index is -0.247. The van der Waals surface area contributed by atoms with E-state index in [-0.39, 0.29) is 22.8 Å². The molecule has 7 heteroatoms. The van der Waals surface area contributed by atoms with Gasteiger partial charge in [-0.3, -0.25) is 4.79 Å². The van der Waals surface area contributed by atoms with Gasteiger partial charge < -0.3 is 14.8 Å². The lowest BCUT2D eigenvalue weighted by Crippen LogP contribution is -2.44. The Morgan fingerprint density at radius 1 is 1.20 bits per heavy atom. The van der Waals surface area contributed by atoms with Gasteiger partial charge in [0.05, 0.1) is 29.3 Å². The van der Waals surface area contributed by atoms with Gasteiger partial charge in [0.25, 0.3) is 5.91 Å². The number of amides is 1. The van der Waals surface area contributed by atoms with Crippen molar-refractivity contribution in [2.24, 2.45) is 0 Å². The quantitative estimate of drug-likeness (QED) is 0.533. The zero-order chi connectivity index (χ0) is 25.4. The first-order valence-corrected chi connectivity index (χ1v) is 12.5. The molecule has 3 aromatic rings. The third kappa shape index (κ3) is 4.92. The van der Waals surface area contributed by atoms with Crippen LogP contribution in [0.25, 0.3) is 11.0 Å². The molecule has 0 saturated carbocycles. The molecule has 2 aromatic heterocycles. The predicted molar refractivity (Wildman–Crippen MR) is 138 cm³/mol. The smallest absolute Gasteiger partial charge is 0.252 e. The predicted octanol–water partition coefficient (Wildman–Crippen LogP) is 5.10. The van der Waals surface area contributed by atoms with Crippen molar-refractivity contribution in [3.8, 4) is 5.75 Å². The molecule has 1 aromatic carbocycles. The first-order valence-electron chi connectivity index (χ1n) is 12.5. The summed E-state index contributed by atoms with van der Waals surface area (Å²) in [6, 6.07) is 10.1.